The van der Waals surface area contributed by atoms with Crippen molar-refractivity contribution >= 4 is 0 Å². The van der Waals surface area contributed by atoms with E-state index in [-0.39, 0.29) is 11.8 Å². The molecular weight excluding hydrogens is 269 g/mol. The highest BCUT2D eigenvalue weighted by Crippen LogP contribution is 2.65. The van der Waals surface area contributed by atoms with Crippen molar-refractivity contribution in [2.24, 2.45) is 41.4 Å². The van der Waals surface area contributed by atoms with Crippen LogP contribution in [-0.2, 0) is 0 Å². The Kier molecular flexibility index (Phi) is 3.02. The molecule has 0 aromatic carbocycles. The number of halogens is 3. The maximum absolute atomic E-state index is 13.0. The summed E-state index contributed by atoms with van der Waals surface area (Å²) in [6, 6.07) is 0. The molecule has 0 aliphatic heterocycles. The van der Waals surface area contributed by atoms with Crippen LogP contribution in [0.1, 0.15) is 33.6 Å². The Morgan fingerprint density at radius 1 is 0.950 bits per heavy atom. The van der Waals surface area contributed by atoms with Crippen LogP contribution in [0.25, 0.3) is 0 Å². The highest BCUT2D eigenvalue weighted by Gasteiger charge is 2.67. The summed E-state index contributed by atoms with van der Waals surface area (Å²) < 4.78 is 39.1. The lowest BCUT2D eigenvalue weighted by Gasteiger charge is -2.37. The Balaban J connectivity index is 1.87. The van der Waals surface area contributed by atoms with Crippen LogP contribution in [0.5, 0.6) is 0 Å². The fourth-order valence-electron chi connectivity index (χ4n) is 5.51. The molecule has 2 bridgehead atoms. The molecule has 3 saturated carbocycles. The zero-order chi connectivity index (χ0) is 15.0. The topological polar surface area (TPSA) is 40.5 Å². The van der Waals surface area contributed by atoms with E-state index in [1.165, 1.54) is 0 Å². The van der Waals surface area contributed by atoms with Gasteiger partial charge in [0.25, 0.3) is 0 Å². The van der Waals surface area contributed by atoms with E-state index in [2.05, 4.69) is 13.8 Å². The molecule has 5 heteroatoms. The van der Waals surface area contributed by atoms with Crippen molar-refractivity contribution in [2.45, 2.75) is 51.5 Å². The third-order valence-corrected chi connectivity index (χ3v) is 6.89. The first kappa shape index (κ1) is 14.6. The molecule has 3 rings (SSSR count). The average Bonchev–Trinajstić information content (AvgIpc) is 2.92. The Bertz CT molecular complexity index is 406. The van der Waals surface area contributed by atoms with Gasteiger partial charge in [-0.1, -0.05) is 13.8 Å². The number of hydrogen-bond donors (Lipinski definition) is 2. The summed E-state index contributed by atoms with van der Waals surface area (Å²) >= 11 is 0. The normalized spacial score (nSPS) is 54.0. The number of aliphatic hydroxyl groups excluding tert-OH is 1. The van der Waals surface area contributed by atoms with Gasteiger partial charge in [0.1, 0.15) is 0 Å². The van der Waals surface area contributed by atoms with Crippen molar-refractivity contribution in [3.05, 3.63) is 0 Å². The molecule has 3 fully saturated rings. The van der Waals surface area contributed by atoms with E-state index >= 15 is 0 Å². The minimum absolute atomic E-state index is 0.0509. The quantitative estimate of drug-likeness (QED) is 0.780. The summed E-state index contributed by atoms with van der Waals surface area (Å²) in [4.78, 5) is 0. The molecule has 3 aliphatic carbocycles. The Hall–Kier alpha value is -0.290. The van der Waals surface area contributed by atoms with Crippen LogP contribution in [-0.4, -0.2) is 28.1 Å². The van der Waals surface area contributed by atoms with Gasteiger partial charge < -0.3 is 10.2 Å². The molecule has 0 aromatic heterocycles. The van der Waals surface area contributed by atoms with E-state index in [4.69, 9.17) is 0 Å². The second-order valence-corrected chi connectivity index (χ2v) is 7.50. The standard InChI is InChI=1S/C15H23F3O2/c1-6-7(2)9-4-8(6)10-5-11(13(19)12(9)10)14(3,20)15(16,17)18/h6-13,19-20H,4-5H2,1-3H3. The first-order valence-corrected chi connectivity index (χ1v) is 7.54. The van der Waals surface area contributed by atoms with Crippen molar-refractivity contribution in [2.75, 3.05) is 0 Å². The molecule has 9 unspecified atom stereocenters. The molecule has 20 heavy (non-hydrogen) atoms. The van der Waals surface area contributed by atoms with Crippen LogP contribution >= 0.6 is 0 Å². The molecule has 0 amide bonds. The SMILES string of the molecule is CC1C(C)C2CC1C1CC(C(C)(O)C(F)(F)F)C(O)C21. The van der Waals surface area contributed by atoms with Crippen molar-refractivity contribution in [3.63, 3.8) is 0 Å². The molecular formula is C15H23F3O2. The number of aliphatic hydroxyl groups is 2. The summed E-state index contributed by atoms with van der Waals surface area (Å²) in [6.45, 7) is 5.14. The van der Waals surface area contributed by atoms with Gasteiger partial charge in [-0.05, 0) is 55.3 Å². The zero-order valence-electron chi connectivity index (χ0n) is 12.1. The van der Waals surface area contributed by atoms with E-state index < -0.39 is 23.8 Å². The lowest BCUT2D eigenvalue weighted by molar-refractivity contribution is -0.280. The maximum atomic E-state index is 13.0. The largest absolute Gasteiger partial charge is 0.417 e. The molecule has 9 atom stereocenters. The van der Waals surface area contributed by atoms with Crippen LogP contribution < -0.4 is 0 Å². The highest BCUT2D eigenvalue weighted by molar-refractivity contribution is 5.12. The molecule has 0 radical (unpaired) electrons. The van der Waals surface area contributed by atoms with Crippen LogP contribution in [0.15, 0.2) is 0 Å². The van der Waals surface area contributed by atoms with Gasteiger partial charge in [0.2, 0.25) is 0 Å². The van der Waals surface area contributed by atoms with Crippen LogP contribution in [0.4, 0.5) is 13.2 Å². The molecule has 2 nitrogen and oxygen atoms in total. The summed E-state index contributed by atoms with van der Waals surface area (Å²) in [5, 5.41) is 20.3. The molecule has 116 valence electrons. The summed E-state index contributed by atoms with van der Waals surface area (Å²) in [5.74, 6) is 0.742. The molecule has 0 spiro atoms. The third-order valence-electron chi connectivity index (χ3n) is 6.89. The van der Waals surface area contributed by atoms with Gasteiger partial charge in [-0.25, -0.2) is 0 Å². The third kappa shape index (κ3) is 1.65. The minimum Gasteiger partial charge on any atom is -0.392 e. The number of hydrogen-bond acceptors (Lipinski definition) is 2. The van der Waals surface area contributed by atoms with Crippen molar-refractivity contribution in [3.8, 4) is 0 Å². The average molecular weight is 292 g/mol. The first-order chi connectivity index (χ1) is 9.07. The van der Waals surface area contributed by atoms with E-state index in [0.29, 0.717) is 30.1 Å². The van der Waals surface area contributed by atoms with Crippen LogP contribution in [0, 0.1) is 41.4 Å². The van der Waals surface area contributed by atoms with Gasteiger partial charge in [0, 0.05) is 5.92 Å². The summed E-state index contributed by atoms with van der Waals surface area (Å²) in [5.41, 5.74) is -2.79. The van der Waals surface area contributed by atoms with E-state index in [1.54, 1.807) is 0 Å². The summed E-state index contributed by atoms with van der Waals surface area (Å²) in [7, 11) is 0. The Morgan fingerprint density at radius 2 is 1.50 bits per heavy atom. The zero-order valence-corrected chi connectivity index (χ0v) is 12.1. The smallest absolute Gasteiger partial charge is 0.392 e. The van der Waals surface area contributed by atoms with Crippen molar-refractivity contribution < 1.29 is 23.4 Å². The van der Waals surface area contributed by atoms with E-state index in [1.807, 2.05) is 0 Å². The van der Waals surface area contributed by atoms with E-state index in [0.717, 1.165) is 13.3 Å². The van der Waals surface area contributed by atoms with Gasteiger partial charge in [0.05, 0.1) is 6.10 Å². The Morgan fingerprint density at radius 3 is 2.05 bits per heavy atom. The van der Waals surface area contributed by atoms with Crippen molar-refractivity contribution in [1.29, 1.82) is 0 Å². The molecule has 0 saturated heterocycles. The fraction of sp³-hybridized carbons (Fsp3) is 1.00. The lowest BCUT2D eigenvalue weighted by atomic mass is 9.70. The first-order valence-electron chi connectivity index (χ1n) is 7.54. The van der Waals surface area contributed by atoms with Gasteiger partial charge in [0.15, 0.2) is 5.60 Å². The Labute approximate surface area is 117 Å². The van der Waals surface area contributed by atoms with E-state index in [9.17, 15) is 23.4 Å². The second kappa shape index (κ2) is 4.13. The number of fused-ring (bicyclic) bond motifs is 5. The highest BCUT2D eigenvalue weighted by atomic mass is 19.4. The van der Waals surface area contributed by atoms with Gasteiger partial charge in [-0.3, -0.25) is 0 Å². The lowest BCUT2D eigenvalue weighted by Crippen LogP contribution is -2.52. The maximum Gasteiger partial charge on any atom is 0.417 e. The summed E-state index contributed by atoms with van der Waals surface area (Å²) in [6.07, 6.45) is -4.37. The molecule has 0 heterocycles. The number of rotatable bonds is 1. The fourth-order valence-corrected chi connectivity index (χ4v) is 5.51. The van der Waals surface area contributed by atoms with Crippen LogP contribution in [0.3, 0.4) is 0 Å². The van der Waals surface area contributed by atoms with Gasteiger partial charge in [-0.15, -0.1) is 0 Å². The minimum atomic E-state index is -4.69. The van der Waals surface area contributed by atoms with Crippen LogP contribution in [0.2, 0.25) is 0 Å². The monoisotopic (exact) mass is 292 g/mol. The van der Waals surface area contributed by atoms with Gasteiger partial charge >= 0.3 is 6.18 Å². The second-order valence-electron chi connectivity index (χ2n) is 7.50. The predicted molar refractivity (Wildman–Crippen MR) is 67.7 cm³/mol. The predicted octanol–water partition coefficient (Wildman–Crippen LogP) is 2.83. The van der Waals surface area contributed by atoms with Gasteiger partial charge in [-0.2, -0.15) is 13.2 Å². The molecule has 0 aromatic rings. The number of alkyl halides is 3. The van der Waals surface area contributed by atoms with Crippen molar-refractivity contribution in [1.82, 2.24) is 0 Å². The molecule has 3 aliphatic rings. The molecule has 2 N–H and O–H groups in total.